The van der Waals surface area contributed by atoms with Crippen molar-refractivity contribution in [2.45, 2.75) is 70.4 Å². The van der Waals surface area contributed by atoms with Crippen molar-refractivity contribution in [3.8, 4) is 0 Å². The zero-order chi connectivity index (χ0) is 21.5. The number of hydrogen-bond acceptors (Lipinski definition) is 6. The fourth-order valence-corrected chi connectivity index (χ4v) is 4.31. The van der Waals surface area contributed by atoms with Gasteiger partial charge in [0.05, 0.1) is 10.8 Å². The highest BCUT2D eigenvalue weighted by Gasteiger charge is 2.31. The van der Waals surface area contributed by atoms with Crippen LogP contribution in [0.25, 0.3) is 0 Å². The van der Waals surface area contributed by atoms with Crippen molar-refractivity contribution in [3.05, 3.63) is 34.4 Å². The summed E-state index contributed by atoms with van der Waals surface area (Å²) in [5.74, 6) is -0.884. The Morgan fingerprint density at radius 1 is 1.10 bits per heavy atom. The third-order valence-corrected chi connectivity index (χ3v) is 6.11. The monoisotopic (exact) mass is 417 g/mol. The highest BCUT2D eigenvalue weighted by Crippen LogP contribution is 2.31. The molecule has 1 saturated heterocycles. The van der Waals surface area contributed by atoms with Gasteiger partial charge in [0.25, 0.3) is 11.6 Å². The molecule has 8 nitrogen and oxygen atoms in total. The number of anilines is 1. The maximum atomic E-state index is 12.5. The maximum absolute atomic E-state index is 12.5. The molecule has 1 N–H and O–H groups in total. The first-order valence-corrected chi connectivity index (χ1v) is 10.9. The average molecular weight is 418 g/mol. The fourth-order valence-electron chi connectivity index (χ4n) is 4.31. The standard InChI is InChI=1S/C22H31N3O5/c1-16(21(26)23-18-8-4-2-3-5-9-18)30-22(27)17-12-14-24(15-13-17)19-10-6-7-11-20(19)25(28)29/h6-7,10-11,16-18H,2-5,8-9,12-15H2,1H3,(H,23,26)/t16-/m0/s1. The van der Waals surface area contributed by atoms with E-state index in [0.717, 1.165) is 25.7 Å². The number of carbonyl (C=O) groups is 2. The molecule has 1 aromatic carbocycles. The summed E-state index contributed by atoms with van der Waals surface area (Å²) in [7, 11) is 0. The predicted molar refractivity (Wildman–Crippen MR) is 113 cm³/mol. The summed E-state index contributed by atoms with van der Waals surface area (Å²) in [6.45, 7) is 2.69. The van der Waals surface area contributed by atoms with E-state index >= 15 is 0 Å². The van der Waals surface area contributed by atoms with Crippen molar-refractivity contribution in [3.63, 3.8) is 0 Å². The van der Waals surface area contributed by atoms with Crippen LogP contribution in [-0.4, -0.2) is 42.0 Å². The van der Waals surface area contributed by atoms with Crippen LogP contribution >= 0.6 is 0 Å². The Hall–Kier alpha value is -2.64. The number of esters is 1. The minimum Gasteiger partial charge on any atom is -0.452 e. The molecule has 30 heavy (non-hydrogen) atoms. The molecule has 1 saturated carbocycles. The number of para-hydroxylation sites is 2. The molecule has 1 heterocycles. The Balaban J connectivity index is 1.48. The van der Waals surface area contributed by atoms with Gasteiger partial charge in [0.2, 0.25) is 0 Å². The average Bonchev–Trinajstić information content (AvgIpc) is 3.02. The molecule has 0 aromatic heterocycles. The molecule has 0 spiro atoms. The molecule has 3 rings (SSSR count). The third kappa shape index (κ3) is 5.70. The quantitative estimate of drug-likeness (QED) is 0.328. The van der Waals surface area contributed by atoms with Gasteiger partial charge < -0.3 is 15.0 Å². The summed E-state index contributed by atoms with van der Waals surface area (Å²) in [5, 5.41) is 14.3. The van der Waals surface area contributed by atoms with Crippen LogP contribution in [0.5, 0.6) is 0 Å². The number of piperidine rings is 1. The molecule has 0 bridgehead atoms. The van der Waals surface area contributed by atoms with E-state index in [1.807, 2.05) is 4.90 Å². The first kappa shape index (κ1) is 22.1. The lowest BCUT2D eigenvalue weighted by molar-refractivity contribution is -0.384. The number of nitrogens with zero attached hydrogens (tertiary/aromatic N) is 2. The van der Waals surface area contributed by atoms with Crippen molar-refractivity contribution in [1.82, 2.24) is 5.32 Å². The Labute approximate surface area is 177 Å². The smallest absolute Gasteiger partial charge is 0.309 e. The summed E-state index contributed by atoms with van der Waals surface area (Å²) in [5.41, 5.74) is 0.646. The summed E-state index contributed by atoms with van der Waals surface area (Å²) in [4.78, 5) is 37.8. The van der Waals surface area contributed by atoms with Crippen LogP contribution < -0.4 is 10.2 Å². The van der Waals surface area contributed by atoms with Crippen LogP contribution in [0.4, 0.5) is 11.4 Å². The third-order valence-electron chi connectivity index (χ3n) is 6.11. The molecule has 1 aliphatic carbocycles. The van der Waals surface area contributed by atoms with E-state index in [1.54, 1.807) is 25.1 Å². The van der Waals surface area contributed by atoms with Crippen LogP contribution in [0.15, 0.2) is 24.3 Å². The highest BCUT2D eigenvalue weighted by molar-refractivity contribution is 5.84. The van der Waals surface area contributed by atoms with Crippen LogP contribution in [-0.2, 0) is 14.3 Å². The van der Waals surface area contributed by atoms with Crippen molar-refractivity contribution < 1.29 is 19.2 Å². The number of amides is 1. The summed E-state index contributed by atoms with van der Waals surface area (Å²) < 4.78 is 5.45. The highest BCUT2D eigenvalue weighted by atomic mass is 16.6. The number of carbonyl (C=O) groups excluding carboxylic acids is 2. The number of nitrogens with one attached hydrogen (secondary N) is 1. The van der Waals surface area contributed by atoms with Crippen LogP contribution in [0.1, 0.15) is 58.3 Å². The van der Waals surface area contributed by atoms with Gasteiger partial charge in [-0.25, -0.2) is 0 Å². The van der Waals surface area contributed by atoms with Crippen molar-refractivity contribution in [2.24, 2.45) is 5.92 Å². The molecule has 2 aliphatic rings. The molecule has 0 unspecified atom stereocenters. The molecule has 0 radical (unpaired) electrons. The zero-order valence-electron chi connectivity index (χ0n) is 17.5. The normalized spacial score (nSPS) is 19.6. The van der Waals surface area contributed by atoms with E-state index in [9.17, 15) is 19.7 Å². The van der Waals surface area contributed by atoms with E-state index in [0.29, 0.717) is 31.6 Å². The largest absolute Gasteiger partial charge is 0.452 e. The molecular formula is C22H31N3O5. The van der Waals surface area contributed by atoms with E-state index in [-0.39, 0.29) is 34.4 Å². The van der Waals surface area contributed by atoms with Gasteiger partial charge in [0.15, 0.2) is 6.10 Å². The predicted octanol–water partition coefficient (Wildman–Crippen LogP) is 3.58. The van der Waals surface area contributed by atoms with E-state index < -0.39 is 6.10 Å². The second-order valence-electron chi connectivity index (χ2n) is 8.28. The second kappa shape index (κ2) is 10.4. The van der Waals surface area contributed by atoms with Crippen LogP contribution in [0.2, 0.25) is 0 Å². The number of nitro benzene ring substituents is 1. The number of hydrogen-bond donors (Lipinski definition) is 1. The molecule has 1 amide bonds. The molecule has 1 atom stereocenters. The second-order valence-corrected chi connectivity index (χ2v) is 8.28. The number of benzene rings is 1. The van der Waals surface area contributed by atoms with Gasteiger partial charge in [-0.1, -0.05) is 37.8 Å². The summed E-state index contributed by atoms with van der Waals surface area (Å²) >= 11 is 0. The molecule has 2 fully saturated rings. The number of rotatable bonds is 6. The van der Waals surface area contributed by atoms with Gasteiger partial charge in [-0.3, -0.25) is 19.7 Å². The topological polar surface area (TPSA) is 102 Å². The summed E-state index contributed by atoms with van der Waals surface area (Å²) in [6, 6.07) is 6.82. The van der Waals surface area contributed by atoms with Crippen LogP contribution in [0, 0.1) is 16.0 Å². The van der Waals surface area contributed by atoms with E-state index in [1.165, 1.54) is 18.9 Å². The van der Waals surface area contributed by atoms with Gasteiger partial charge in [0.1, 0.15) is 5.69 Å². The lowest BCUT2D eigenvalue weighted by Crippen LogP contribution is -2.43. The first-order chi connectivity index (χ1) is 14.5. The molecule has 1 aromatic rings. The lowest BCUT2D eigenvalue weighted by atomic mass is 9.96. The molecule has 1 aliphatic heterocycles. The lowest BCUT2D eigenvalue weighted by Gasteiger charge is -2.32. The Morgan fingerprint density at radius 3 is 2.37 bits per heavy atom. The fraction of sp³-hybridized carbons (Fsp3) is 0.636. The number of nitro groups is 1. The molecular weight excluding hydrogens is 386 g/mol. The Bertz CT molecular complexity index is 753. The van der Waals surface area contributed by atoms with Gasteiger partial charge in [0, 0.05) is 25.2 Å². The van der Waals surface area contributed by atoms with Gasteiger partial charge in [-0.05, 0) is 38.7 Å². The van der Waals surface area contributed by atoms with Crippen LogP contribution in [0.3, 0.4) is 0 Å². The minimum atomic E-state index is -0.811. The first-order valence-electron chi connectivity index (χ1n) is 10.9. The summed E-state index contributed by atoms with van der Waals surface area (Å²) in [6.07, 6.45) is 6.91. The van der Waals surface area contributed by atoms with Crippen molar-refractivity contribution in [2.75, 3.05) is 18.0 Å². The van der Waals surface area contributed by atoms with E-state index in [4.69, 9.17) is 4.74 Å². The van der Waals surface area contributed by atoms with Gasteiger partial charge in [-0.2, -0.15) is 0 Å². The Morgan fingerprint density at radius 2 is 1.73 bits per heavy atom. The van der Waals surface area contributed by atoms with Gasteiger partial charge in [-0.15, -0.1) is 0 Å². The number of ether oxygens (including phenoxy) is 1. The van der Waals surface area contributed by atoms with Gasteiger partial charge >= 0.3 is 5.97 Å². The Kier molecular flexibility index (Phi) is 7.65. The SMILES string of the molecule is C[C@H](OC(=O)C1CCN(c2ccccc2[N+](=O)[O-])CC1)C(=O)NC1CCCCCC1. The zero-order valence-corrected chi connectivity index (χ0v) is 17.5. The molecule has 8 heteroatoms. The maximum Gasteiger partial charge on any atom is 0.309 e. The van der Waals surface area contributed by atoms with Crippen molar-refractivity contribution >= 4 is 23.3 Å². The van der Waals surface area contributed by atoms with Crippen molar-refractivity contribution in [1.29, 1.82) is 0 Å². The molecule has 164 valence electrons. The van der Waals surface area contributed by atoms with E-state index in [2.05, 4.69) is 5.32 Å². The minimum absolute atomic E-state index is 0.0716.